The predicted molar refractivity (Wildman–Crippen MR) is 97.8 cm³/mol. The summed E-state index contributed by atoms with van der Waals surface area (Å²) in [5.41, 5.74) is 3.98. The van der Waals surface area contributed by atoms with E-state index in [4.69, 9.17) is 0 Å². The van der Waals surface area contributed by atoms with E-state index in [2.05, 4.69) is 93.5 Å². The van der Waals surface area contributed by atoms with E-state index in [1.165, 1.54) is 16.7 Å². The van der Waals surface area contributed by atoms with Gasteiger partial charge in [0.25, 0.3) is 0 Å². The number of aryl methyl sites for hydroxylation is 1. The first-order chi connectivity index (χ1) is 10.1. The summed E-state index contributed by atoms with van der Waals surface area (Å²) in [7, 11) is 0. The lowest BCUT2D eigenvalue weighted by atomic mass is 9.98. The number of rotatable bonds is 6. The second-order valence-corrected chi connectivity index (χ2v) is 7.13. The Morgan fingerprint density at radius 1 is 1.05 bits per heavy atom. The predicted octanol–water partition coefficient (Wildman–Crippen LogP) is 5.80. The van der Waals surface area contributed by atoms with Crippen molar-refractivity contribution in [2.24, 2.45) is 0 Å². The fourth-order valence-electron chi connectivity index (χ4n) is 2.35. The van der Waals surface area contributed by atoms with Crippen LogP contribution >= 0.6 is 31.9 Å². The highest BCUT2D eigenvalue weighted by atomic mass is 79.9. The van der Waals surface area contributed by atoms with Crippen molar-refractivity contribution in [3.05, 3.63) is 68.1 Å². The second-order valence-electron chi connectivity index (χ2n) is 5.36. The van der Waals surface area contributed by atoms with E-state index in [-0.39, 0.29) is 0 Å². The molecular formula is C18H21Br2N. The normalized spacial score (nSPS) is 12.4. The van der Waals surface area contributed by atoms with Crippen molar-refractivity contribution in [3.63, 3.8) is 0 Å². The van der Waals surface area contributed by atoms with Crippen molar-refractivity contribution in [1.29, 1.82) is 0 Å². The monoisotopic (exact) mass is 409 g/mol. The van der Waals surface area contributed by atoms with Gasteiger partial charge < -0.3 is 5.32 Å². The van der Waals surface area contributed by atoms with Gasteiger partial charge in [-0.1, -0.05) is 74.7 Å². The summed E-state index contributed by atoms with van der Waals surface area (Å²) in [5.74, 6) is 0. The molecule has 0 aliphatic heterocycles. The molecule has 0 aromatic heterocycles. The topological polar surface area (TPSA) is 12.0 Å². The Balaban J connectivity index is 2.22. The zero-order valence-electron chi connectivity index (χ0n) is 12.5. The van der Waals surface area contributed by atoms with Gasteiger partial charge in [0.1, 0.15) is 0 Å². The van der Waals surface area contributed by atoms with Crippen molar-refractivity contribution in [2.45, 2.75) is 32.7 Å². The van der Waals surface area contributed by atoms with Crippen LogP contribution in [0.15, 0.2) is 51.4 Å². The Morgan fingerprint density at radius 3 is 2.38 bits per heavy atom. The Morgan fingerprint density at radius 2 is 1.76 bits per heavy atom. The van der Waals surface area contributed by atoms with Crippen LogP contribution in [-0.4, -0.2) is 6.54 Å². The highest BCUT2D eigenvalue weighted by Crippen LogP contribution is 2.29. The zero-order valence-corrected chi connectivity index (χ0v) is 15.7. The summed E-state index contributed by atoms with van der Waals surface area (Å²) in [6, 6.07) is 15.6. The molecule has 2 aromatic rings. The van der Waals surface area contributed by atoms with Gasteiger partial charge in [-0.05, 0) is 49.6 Å². The molecule has 112 valence electrons. The standard InChI is InChI=1S/C18H21Br2N/c1-3-10-21-18(11-14-6-4-13(2)5-7-14)16-9-8-15(19)12-17(16)20/h4-9,12,18,21H,3,10-11H2,1-2H3. The first-order valence-corrected chi connectivity index (χ1v) is 8.92. The van der Waals surface area contributed by atoms with Crippen LogP contribution in [0, 0.1) is 6.92 Å². The summed E-state index contributed by atoms with van der Waals surface area (Å²) in [6.07, 6.45) is 2.14. The molecule has 0 aliphatic carbocycles. The number of hydrogen-bond acceptors (Lipinski definition) is 1. The van der Waals surface area contributed by atoms with Crippen molar-refractivity contribution < 1.29 is 0 Å². The van der Waals surface area contributed by atoms with Crippen molar-refractivity contribution in [3.8, 4) is 0 Å². The molecule has 1 unspecified atom stereocenters. The molecule has 0 bridgehead atoms. The zero-order chi connectivity index (χ0) is 15.2. The molecule has 0 spiro atoms. The quantitative estimate of drug-likeness (QED) is 0.634. The van der Waals surface area contributed by atoms with Crippen LogP contribution in [0.2, 0.25) is 0 Å². The third-order valence-electron chi connectivity index (χ3n) is 3.54. The number of nitrogens with one attached hydrogen (secondary N) is 1. The Hall–Kier alpha value is -0.640. The van der Waals surface area contributed by atoms with Gasteiger partial charge in [0, 0.05) is 15.0 Å². The highest BCUT2D eigenvalue weighted by molar-refractivity contribution is 9.11. The maximum absolute atomic E-state index is 3.69. The van der Waals surface area contributed by atoms with Crippen LogP contribution in [0.5, 0.6) is 0 Å². The van der Waals surface area contributed by atoms with Gasteiger partial charge in [0.2, 0.25) is 0 Å². The summed E-state index contributed by atoms with van der Waals surface area (Å²) in [4.78, 5) is 0. The van der Waals surface area contributed by atoms with Crippen LogP contribution in [0.25, 0.3) is 0 Å². The first kappa shape index (κ1) is 16.7. The van der Waals surface area contributed by atoms with Gasteiger partial charge in [0.15, 0.2) is 0 Å². The molecule has 0 saturated heterocycles. The van der Waals surface area contributed by atoms with E-state index in [0.717, 1.165) is 28.3 Å². The lowest BCUT2D eigenvalue weighted by molar-refractivity contribution is 0.527. The largest absolute Gasteiger partial charge is 0.310 e. The molecule has 0 heterocycles. The molecule has 2 aromatic carbocycles. The summed E-state index contributed by atoms with van der Waals surface area (Å²) in [6.45, 7) is 5.35. The minimum atomic E-state index is 0.329. The smallest absolute Gasteiger partial charge is 0.0372 e. The van der Waals surface area contributed by atoms with Gasteiger partial charge >= 0.3 is 0 Å². The molecule has 0 amide bonds. The number of hydrogen-bond donors (Lipinski definition) is 1. The van der Waals surface area contributed by atoms with E-state index in [1.807, 2.05) is 0 Å². The average Bonchev–Trinajstić information content (AvgIpc) is 2.46. The van der Waals surface area contributed by atoms with E-state index < -0.39 is 0 Å². The molecule has 0 radical (unpaired) electrons. The minimum Gasteiger partial charge on any atom is -0.310 e. The van der Waals surface area contributed by atoms with Gasteiger partial charge in [0.05, 0.1) is 0 Å². The maximum Gasteiger partial charge on any atom is 0.0372 e. The summed E-state index contributed by atoms with van der Waals surface area (Å²) in [5, 5.41) is 3.66. The SMILES string of the molecule is CCCNC(Cc1ccc(C)cc1)c1ccc(Br)cc1Br. The maximum atomic E-state index is 3.69. The molecule has 0 aliphatic rings. The van der Waals surface area contributed by atoms with Gasteiger partial charge in [-0.2, -0.15) is 0 Å². The fourth-order valence-corrected chi connectivity index (χ4v) is 3.68. The third-order valence-corrected chi connectivity index (χ3v) is 4.72. The van der Waals surface area contributed by atoms with Crippen molar-refractivity contribution in [2.75, 3.05) is 6.54 Å². The van der Waals surface area contributed by atoms with E-state index >= 15 is 0 Å². The lowest BCUT2D eigenvalue weighted by Crippen LogP contribution is -2.24. The number of halogens is 2. The summed E-state index contributed by atoms with van der Waals surface area (Å²) >= 11 is 7.22. The minimum absolute atomic E-state index is 0.329. The Bertz CT molecular complexity index is 578. The third kappa shape index (κ3) is 4.94. The Kier molecular flexibility index (Phi) is 6.46. The van der Waals surface area contributed by atoms with Crippen molar-refractivity contribution >= 4 is 31.9 Å². The van der Waals surface area contributed by atoms with Crippen LogP contribution in [0.4, 0.5) is 0 Å². The average molecular weight is 411 g/mol. The fraction of sp³-hybridized carbons (Fsp3) is 0.333. The Labute approximate surface area is 144 Å². The van der Waals surface area contributed by atoms with Gasteiger partial charge in [-0.15, -0.1) is 0 Å². The molecule has 3 heteroatoms. The molecule has 2 rings (SSSR count). The molecule has 1 atom stereocenters. The van der Waals surface area contributed by atoms with Crippen molar-refractivity contribution in [1.82, 2.24) is 5.32 Å². The second kappa shape index (κ2) is 8.11. The lowest BCUT2D eigenvalue weighted by Gasteiger charge is -2.21. The molecule has 1 nitrogen and oxygen atoms in total. The van der Waals surface area contributed by atoms with Gasteiger partial charge in [-0.25, -0.2) is 0 Å². The molecule has 0 saturated carbocycles. The van der Waals surface area contributed by atoms with E-state index in [0.29, 0.717) is 6.04 Å². The van der Waals surface area contributed by atoms with Crippen LogP contribution < -0.4 is 5.32 Å². The van der Waals surface area contributed by atoms with E-state index in [9.17, 15) is 0 Å². The van der Waals surface area contributed by atoms with Crippen LogP contribution in [0.1, 0.15) is 36.1 Å². The number of benzene rings is 2. The van der Waals surface area contributed by atoms with Gasteiger partial charge in [-0.3, -0.25) is 0 Å². The highest BCUT2D eigenvalue weighted by Gasteiger charge is 2.14. The van der Waals surface area contributed by atoms with E-state index in [1.54, 1.807) is 0 Å². The first-order valence-electron chi connectivity index (χ1n) is 7.34. The summed E-state index contributed by atoms with van der Waals surface area (Å²) < 4.78 is 2.25. The molecule has 0 fully saturated rings. The van der Waals surface area contributed by atoms with Crippen LogP contribution in [0.3, 0.4) is 0 Å². The molecule has 21 heavy (non-hydrogen) atoms. The molecular weight excluding hydrogens is 390 g/mol. The molecule has 1 N–H and O–H groups in total. The van der Waals surface area contributed by atoms with Crippen LogP contribution in [-0.2, 0) is 6.42 Å².